The molecule has 4 aliphatic rings. The molecule has 0 amide bonds. The number of nitrogens with zero attached hydrogens (tertiary/aromatic N) is 1. The fourth-order valence-electron chi connectivity index (χ4n) is 10.9. The van der Waals surface area contributed by atoms with E-state index in [0.717, 1.165) is 0 Å². The van der Waals surface area contributed by atoms with Gasteiger partial charge in [0, 0.05) is 17.1 Å². The molecule has 0 radical (unpaired) electrons. The van der Waals surface area contributed by atoms with Gasteiger partial charge in [0.25, 0.3) is 0 Å². The molecule has 262 valence electrons. The largest absolute Gasteiger partial charge is 0.310 e. The van der Waals surface area contributed by atoms with Crippen LogP contribution in [0.4, 0.5) is 17.1 Å². The molecule has 1 spiro atoms. The summed E-state index contributed by atoms with van der Waals surface area (Å²) in [6.07, 6.45) is 11.5. The van der Waals surface area contributed by atoms with E-state index in [1.165, 1.54) is 142 Å². The molecule has 1 fully saturated rings. The molecule has 4 aliphatic carbocycles. The molecule has 1 heteroatoms. The van der Waals surface area contributed by atoms with Crippen molar-refractivity contribution >= 4 is 17.1 Å². The minimum atomic E-state index is -0.375. The topological polar surface area (TPSA) is 3.24 Å². The van der Waals surface area contributed by atoms with Gasteiger partial charge < -0.3 is 4.90 Å². The Kier molecular flexibility index (Phi) is 7.51. The summed E-state index contributed by atoms with van der Waals surface area (Å²) < 4.78 is 0. The van der Waals surface area contributed by atoms with E-state index in [1.807, 2.05) is 0 Å². The number of anilines is 3. The Morgan fingerprint density at radius 3 is 1.70 bits per heavy atom. The van der Waals surface area contributed by atoms with Crippen molar-refractivity contribution in [2.24, 2.45) is 0 Å². The molecule has 0 N–H and O–H groups in total. The number of para-hydroxylation sites is 1. The smallest absolute Gasteiger partial charge is 0.0726 e. The molecule has 0 aromatic heterocycles. The molecule has 0 bridgehead atoms. The third-order valence-electron chi connectivity index (χ3n) is 13.3. The molecule has 54 heavy (non-hydrogen) atoms. The maximum atomic E-state index is 2.58. The van der Waals surface area contributed by atoms with E-state index in [-0.39, 0.29) is 5.41 Å². The van der Waals surface area contributed by atoms with Gasteiger partial charge in [-0.05, 0) is 147 Å². The summed E-state index contributed by atoms with van der Waals surface area (Å²) in [5.74, 6) is 0.575. The Balaban J connectivity index is 1.13. The second-order valence-corrected chi connectivity index (χ2v) is 16.0. The maximum Gasteiger partial charge on any atom is 0.0726 e. The third-order valence-corrected chi connectivity index (χ3v) is 13.3. The average Bonchev–Trinajstić information content (AvgIpc) is 3.72. The van der Waals surface area contributed by atoms with E-state index < -0.39 is 0 Å². The Morgan fingerprint density at radius 1 is 0.426 bits per heavy atom. The molecular weight excluding hydrogens is 651 g/mol. The van der Waals surface area contributed by atoms with Crippen molar-refractivity contribution in [3.63, 3.8) is 0 Å². The van der Waals surface area contributed by atoms with Gasteiger partial charge >= 0.3 is 0 Å². The summed E-state index contributed by atoms with van der Waals surface area (Å²) in [6.45, 7) is 0. The van der Waals surface area contributed by atoms with Crippen molar-refractivity contribution in [1.29, 1.82) is 0 Å². The zero-order chi connectivity index (χ0) is 35.6. The zero-order valence-corrected chi connectivity index (χ0v) is 30.9. The summed E-state index contributed by atoms with van der Waals surface area (Å²) in [7, 11) is 0. The minimum absolute atomic E-state index is 0.375. The summed E-state index contributed by atoms with van der Waals surface area (Å²) in [6, 6.07) is 60.5. The molecule has 11 rings (SSSR count). The predicted octanol–water partition coefficient (Wildman–Crippen LogP) is 14.1. The second-order valence-electron chi connectivity index (χ2n) is 16.0. The Morgan fingerprint density at radius 2 is 1.00 bits per heavy atom. The van der Waals surface area contributed by atoms with E-state index in [1.54, 1.807) is 5.56 Å². The first-order valence-corrected chi connectivity index (χ1v) is 20.3. The van der Waals surface area contributed by atoms with Crippen LogP contribution in [0.5, 0.6) is 0 Å². The van der Waals surface area contributed by atoms with Gasteiger partial charge in [0.1, 0.15) is 0 Å². The first-order chi connectivity index (χ1) is 26.8. The molecule has 7 aromatic carbocycles. The molecule has 1 nitrogen and oxygen atoms in total. The highest BCUT2D eigenvalue weighted by Crippen LogP contribution is 2.63. The van der Waals surface area contributed by atoms with E-state index in [2.05, 4.69) is 163 Å². The van der Waals surface area contributed by atoms with Gasteiger partial charge in [-0.1, -0.05) is 147 Å². The van der Waals surface area contributed by atoms with Crippen LogP contribution in [0.3, 0.4) is 0 Å². The summed E-state index contributed by atoms with van der Waals surface area (Å²) >= 11 is 0. The predicted molar refractivity (Wildman–Crippen MR) is 225 cm³/mol. The lowest BCUT2D eigenvalue weighted by Gasteiger charge is -2.34. The Hall–Kier alpha value is -5.66. The van der Waals surface area contributed by atoms with Crippen molar-refractivity contribution in [1.82, 2.24) is 0 Å². The van der Waals surface area contributed by atoms with Crippen LogP contribution < -0.4 is 4.90 Å². The molecular formula is C53H45N. The lowest BCUT2D eigenvalue weighted by molar-refractivity contribution is 0.444. The monoisotopic (exact) mass is 695 g/mol. The Labute approximate surface area is 320 Å². The Bertz CT molecular complexity index is 2490. The quantitative estimate of drug-likeness (QED) is 0.173. The van der Waals surface area contributed by atoms with Gasteiger partial charge in [-0.3, -0.25) is 0 Å². The summed E-state index contributed by atoms with van der Waals surface area (Å²) in [5.41, 5.74) is 21.6. The van der Waals surface area contributed by atoms with Gasteiger partial charge in [-0.2, -0.15) is 0 Å². The highest BCUT2D eigenvalue weighted by Gasteiger charge is 2.51. The molecule has 0 heterocycles. The number of hydrogen-bond donors (Lipinski definition) is 0. The van der Waals surface area contributed by atoms with Gasteiger partial charge in [-0.15, -0.1) is 0 Å². The zero-order valence-electron chi connectivity index (χ0n) is 30.9. The van der Waals surface area contributed by atoms with Crippen LogP contribution in [0.1, 0.15) is 89.8 Å². The SMILES string of the molecule is c1ccc2c(c1)-c1ccccc1C21c2ccccc2-c2ccc(N(c3ccc(-c4cccc5c4CCCC5)cc3)c3ccccc3C3CCCCC3)cc21. The first kappa shape index (κ1) is 31.8. The van der Waals surface area contributed by atoms with Gasteiger partial charge in [-0.25, -0.2) is 0 Å². The van der Waals surface area contributed by atoms with Gasteiger partial charge in [0.2, 0.25) is 0 Å². The average molecular weight is 696 g/mol. The van der Waals surface area contributed by atoms with Crippen LogP contribution in [0.2, 0.25) is 0 Å². The number of fused-ring (bicyclic) bond motifs is 11. The van der Waals surface area contributed by atoms with Crippen LogP contribution in [0.25, 0.3) is 33.4 Å². The fourth-order valence-corrected chi connectivity index (χ4v) is 10.9. The number of rotatable bonds is 5. The van der Waals surface area contributed by atoms with Crippen molar-refractivity contribution in [3.8, 4) is 33.4 Å². The van der Waals surface area contributed by atoms with Crippen LogP contribution in [-0.4, -0.2) is 0 Å². The first-order valence-electron chi connectivity index (χ1n) is 20.3. The highest BCUT2D eigenvalue weighted by molar-refractivity contribution is 5.96. The summed E-state index contributed by atoms with van der Waals surface area (Å²) in [4.78, 5) is 2.58. The van der Waals surface area contributed by atoms with E-state index in [0.29, 0.717) is 5.92 Å². The van der Waals surface area contributed by atoms with Crippen molar-refractivity contribution in [2.75, 3.05) is 4.90 Å². The lowest BCUT2D eigenvalue weighted by Crippen LogP contribution is -2.26. The van der Waals surface area contributed by atoms with Gasteiger partial charge in [0.15, 0.2) is 0 Å². The van der Waals surface area contributed by atoms with Crippen LogP contribution in [0, 0.1) is 0 Å². The molecule has 7 aromatic rings. The maximum absolute atomic E-state index is 2.58. The van der Waals surface area contributed by atoms with Crippen LogP contribution in [0.15, 0.2) is 158 Å². The molecule has 0 unspecified atom stereocenters. The molecule has 0 atom stereocenters. The number of benzene rings is 7. The summed E-state index contributed by atoms with van der Waals surface area (Å²) in [5, 5.41) is 0. The van der Waals surface area contributed by atoms with Crippen LogP contribution >= 0.6 is 0 Å². The van der Waals surface area contributed by atoms with E-state index in [9.17, 15) is 0 Å². The normalized spacial score (nSPS) is 16.3. The van der Waals surface area contributed by atoms with Gasteiger partial charge in [0.05, 0.1) is 5.41 Å². The third kappa shape index (κ3) is 4.70. The van der Waals surface area contributed by atoms with Crippen molar-refractivity contribution < 1.29 is 0 Å². The highest BCUT2D eigenvalue weighted by atomic mass is 15.1. The van der Waals surface area contributed by atoms with Crippen molar-refractivity contribution in [3.05, 3.63) is 197 Å². The standard InChI is InChI=1S/C53H45N/c1-2-15-37(16-3-1)43-20-9-13-28-52(43)54(39-31-29-38(30-32-39)42-24-14-18-36-17-4-5-19-41(36)42)40-33-34-47-46-23-8-12-27-50(46)53(51(47)35-40)48-25-10-6-21-44(48)45-22-7-11-26-49(45)53/h6-14,18,20-35,37H,1-5,15-17,19H2. The number of hydrogen-bond acceptors (Lipinski definition) is 1. The fraction of sp³-hybridized carbons (Fsp3) is 0.208. The second kappa shape index (κ2) is 12.7. The van der Waals surface area contributed by atoms with E-state index >= 15 is 0 Å². The lowest BCUT2D eigenvalue weighted by atomic mass is 9.70. The molecule has 0 aliphatic heterocycles. The van der Waals surface area contributed by atoms with Crippen LogP contribution in [-0.2, 0) is 18.3 Å². The molecule has 0 saturated heterocycles. The van der Waals surface area contributed by atoms with E-state index in [4.69, 9.17) is 0 Å². The number of aryl methyl sites for hydroxylation is 1. The van der Waals surface area contributed by atoms with Crippen molar-refractivity contribution in [2.45, 2.75) is 69.1 Å². The molecule has 1 saturated carbocycles. The minimum Gasteiger partial charge on any atom is -0.310 e.